The normalized spacial score (nSPS) is 17.5. The van der Waals surface area contributed by atoms with E-state index in [-0.39, 0.29) is 24.7 Å². The molecule has 1 heterocycles. The summed E-state index contributed by atoms with van der Waals surface area (Å²) < 4.78 is 5.51. The van der Waals surface area contributed by atoms with Crippen molar-refractivity contribution < 1.29 is 19.1 Å². The molecule has 28 heavy (non-hydrogen) atoms. The van der Waals surface area contributed by atoms with Crippen LogP contribution in [0.25, 0.3) is 0 Å². The molecule has 0 unspecified atom stereocenters. The van der Waals surface area contributed by atoms with E-state index in [1.54, 1.807) is 36.1 Å². The summed E-state index contributed by atoms with van der Waals surface area (Å²) in [7, 11) is 0. The van der Waals surface area contributed by atoms with Gasteiger partial charge in [0, 0.05) is 24.2 Å². The molecule has 2 aromatic rings. The molecule has 0 aromatic heterocycles. The smallest absolute Gasteiger partial charge is 0.312 e. The highest BCUT2D eigenvalue weighted by Crippen LogP contribution is 2.28. The van der Waals surface area contributed by atoms with Crippen molar-refractivity contribution in [2.24, 2.45) is 5.92 Å². The number of ether oxygens (including phenoxy) is 1. The van der Waals surface area contributed by atoms with Gasteiger partial charge in [-0.3, -0.25) is 14.4 Å². The maximum Gasteiger partial charge on any atom is 0.312 e. The van der Waals surface area contributed by atoms with E-state index in [0.29, 0.717) is 12.0 Å². The van der Waals surface area contributed by atoms with Crippen molar-refractivity contribution in [3.05, 3.63) is 65.2 Å². The van der Waals surface area contributed by atoms with E-state index in [2.05, 4.69) is 0 Å². The third-order valence-electron chi connectivity index (χ3n) is 5.24. The number of hydrogen-bond donors (Lipinski definition) is 0. The van der Waals surface area contributed by atoms with E-state index in [1.807, 2.05) is 38.1 Å². The van der Waals surface area contributed by atoms with Gasteiger partial charge in [0.1, 0.15) is 0 Å². The first-order chi connectivity index (χ1) is 13.4. The second-order valence-electron chi connectivity index (χ2n) is 7.24. The average Bonchev–Trinajstić information content (AvgIpc) is 3.10. The zero-order valence-corrected chi connectivity index (χ0v) is 16.5. The predicted octanol–water partition coefficient (Wildman–Crippen LogP) is 3.86. The van der Waals surface area contributed by atoms with Crippen LogP contribution < -0.4 is 4.90 Å². The zero-order valence-electron chi connectivity index (χ0n) is 16.5. The largest absolute Gasteiger partial charge is 0.454 e. The summed E-state index contributed by atoms with van der Waals surface area (Å²) in [5, 5.41) is 0. The van der Waals surface area contributed by atoms with E-state index < -0.39 is 18.0 Å². The van der Waals surface area contributed by atoms with Gasteiger partial charge in [-0.15, -0.1) is 0 Å². The van der Waals surface area contributed by atoms with E-state index in [9.17, 15) is 14.4 Å². The number of carbonyl (C=O) groups is 3. The van der Waals surface area contributed by atoms with Crippen LogP contribution in [0.2, 0.25) is 0 Å². The number of ketones is 1. The molecule has 5 heteroatoms. The van der Waals surface area contributed by atoms with Crippen LogP contribution in [-0.2, 0) is 14.3 Å². The van der Waals surface area contributed by atoms with E-state index in [0.717, 1.165) is 16.8 Å². The van der Waals surface area contributed by atoms with Gasteiger partial charge in [-0.2, -0.15) is 0 Å². The molecule has 1 amide bonds. The molecule has 0 bridgehead atoms. The second-order valence-corrected chi connectivity index (χ2v) is 7.24. The highest BCUT2D eigenvalue weighted by molar-refractivity contribution is 6.02. The van der Waals surface area contributed by atoms with Crippen LogP contribution in [-0.4, -0.2) is 30.3 Å². The van der Waals surface area contributed by atoms with Gasteiger partial charge in [0.15, 0.2) is 6.10 Å². The molecular weight excluding hydrogens is 354 g/mol. The molecule has 146 valence electrons. The Balaban J connectivity index is 1.68. The summed E-state index contributed by atoms with van der Waals surface area (Å²) in [5.74, 6) is -1.37. The first-order valence-electron chi connectivity index (χ1n) is 9.58. The van der Waals surface area contributed by atoms with Gasteiger partial charge in [-0.1, -0.05) is 43.3 Å². The lowest BCUT2D eigenvalue weighted by molar-refractivity contribution is -0.151. The fourth-order valence-electron chi connectivity index (χ4n) is 3.36. The molecule has 2 aromatic carbocycles. The Bertz CT molecular complexity index is 891. The maximum atomic E-state index is 12.6. The number of carbonyl (C=O) groups excluding carboxylic acids is 3. The summed E-state index contributed by atoms with van der Waals surface area (Å²) in [5.41, 5.74) is 3.55. The molecular formula is C23H25NO4. The SMILES string of the molecule is CC[C@@H](OC(=O)[C@@H]1CC(=O)N(c2ccc(C)c(C)c2)C1)C(=O)c1ccccc1. The third kappa shape index (κ3) is 4.14. The molecule has 0 aliphatic carbocycles. The topological polar surface area (TPSA) is 63.7 Å². The van der Waals surface area contributed by atoms with Gasteiger partial charge in [0.05, 0.1) is 5.92 Å². The van der Waals surface area contributed by atoms with Crippen LogP contribution in [0.5, 0.6) is 0 Å². The van der Waals surface area contributed by atoms with E-state index >= 15 is 0 Å². The summed E-state index contributed by atoms with van der Waals surface area (Å²) >= 11 is 0. The van der Waals surface area contributed by atoms with Crippen molar-refractivity contribution in [3.8, 4) is 0 Å². The predicted molar refractivity (Wildman–Crippen MR) is 107 cm³/mol. The lowest BCUT2D eigenvalue weighted by Gasteiger charge is -2.19. The minimum Gasteiger partial charge on any atom is -0.454 e. The quantitative estimate of drug-likeness (QED) is 0.565. The van der Waals surface area contributed by atoms with Crippen LogP contribution >= 0.6 is 0 Å². The van der Waals surface area contributed by atoms with Crippen molar-refractivity contribution in [3.63, 3.8) is 0 Å². The van der Waals surface area contributed by atoms with Crippen LogP contribution in [0, 0.1) is 19.8 Å². The molecule has 0 spiro atoms. The van der Waals surface area contributed by atoms with Crippen molar-refractivity contribution in [1.29, 1.82) is 0 Å². The Morgan fingerprint density at radius 2 is 1.82 bits per heavy atom. The average molecular weight is 379 g/mol. The van der Waals surface area contributed by atoms with Crippen LogP contribution in [0.1, 0.15) is 41.3 Å². The molecule has 0 radical (unpaired) electrons. The number of benzene rings is 2. The van der Waals surface area contributed by atoms with Gasteiger partial charge in [-0.05, 0) is 43.5 Å². The zero-order chi connectivity index (χ0) is 20.3. The lowest BCUT2D eigenvalue weighted by Crippen LogP contribution is -2.31. The standard InChI is InChI=1S/C23H25NO4/c1-4-20(22(26)17-8-6-5-7-9-17)28-23(27)18-13-21(25)24(14-18)19-11-10-15(2)16(3)12-19/h5-12,18,20H,4,13-14H2,1-3H3/t18-,20-/m1/s1. The monoisotopic (exact) mass is 379 g/mol. The Morgan fingerprint density at radius 3 is 2.46 bits per heavy atom. The number of hydrogen-bond acceptors (Lipinski definition) is 4. The van der Waals surface area contributed by atoms with Gasteiger partial charge in [0.25, 0.3) is 0 Å². The molecule has 1 aliphatic rings. The Kier molecular flexibility index (Phi) is 5.93. The fourth-order valence-corrected chi connectivity index (χ4v) is 3.36. The number of aryl methyl sites for hydroxylation is 2. The van der Waals surface area contributed by atoms with Crippen molar-refractivity contribution in [1.82, 2.24) is 0 Å². The van der Waals surface area contributed by atoms with Crippen LogP contribution in [0.3, 0.4) is 0 Å². The number of nitrogens with zero attached hydrogens (tertiary/aromatic N) is 1. The molecule has 5 nitrogen and oxygen atoms in total. The maximum absolute atomic E-state index is 12.6. The number of anilines is 1. The van der Waals surface area contributed by atoms with Crippen LogP contribution in [0.15, 0.2) is 48.5 Å². The minimum absolute atomic E-state index is 0.0989. The molecule has 1 fully saturated rings. The fraction of sp³-hybridized carbons (Fsp3) is 0.348. The number of esters is 1. The minimum atomic E-state index is -0.833. The lowest BCUT2D eigenvalue weighted by atomic mass is 10.0. The van der Waals surface area contributed by atoms with Crippen molar-refractivity contribution >= 4 is 23.3 Å². The third-order valence-corrected chi connectivity index (χ3v) is 5.24. The summed E-state index contributed by atoms with van der Waals surface area (Å²) in [6, 6.07) is 14.6. The Labute approximate surface area is 165 Å². The number of rotatable bonds is 6. The summed E-state index contributed by atoms with van der Waals surface area (Å²) in [6.45, 7) is 6.09. The highest BCUT2D eigenvalue weighted by atomic mass is 16.5. The summed E-state index contributed by atoms with van der Waals surface area (Å²) in [6.07, 6.45) is -0.344. The van der Waals surface area contributed by atoms with E-state index in [1.165, 1.54) is 0 Å². The number of Topliss-reactive ketones (excluding diaryl/α,β-unsaturated/α-hetero) is 1. The Morgan fingerprint density at radius 1 is 1.11 bits per heavy atom. The van der Waals surface area contributed by atoms with E-state index in [4.69, 9.17) is 4.74 Å². The van der Waals surface area contributed by atoms with Gasteiger partial charge >= 0.3 is 5.97 Å². The van der Waals surface area contributed by atoms with Gasteiger partial charge in [0.2, 0.25) is 11.7 Å². The molecule has 2 atom stereocenters. The molecule has 0 N–H and O–H groups in total. The first kappa shape index (κ1) is 19.8. The van der Waals surface area contributed by atoms with Crippen molar-refractivity contribution in [2.75, 3.05) is 11.4 Å². The van der Waals surface area contributed by atoms with Crippen LogP contribution in [0.4, 0.5) is 5.69 Å². The molecule has 1 aliphatic heterocycles. The Hall–Kier alpha value is -2.95. The van der Waals surface area contributed by atoms with Gasteiger partial charge < -0.3 is 9.64 Å². The summed E-state index contributed by atoms with van der Waals surface area (Å²) in [4.78, 5) is 39.3. The first-order valence-corrected chi connectivity index (χ1v) is 9.58. The number of amides is 1. The second kappa shape index (κ2) is 8.38. The molecule has 0 saturated carbocycles. The van der Waals surface area contributed by atoms with Crippen molar-refractivity contribution in [2.45, 2.75) is 39.7 Å². The molecule has 1 saturated heterocycles. The molecule has 3 rings (SSSR count). The van der Waals surface area contributed by atoms with Gasteiger partial charge in [-0.25, -0.2) is 0 Å². The highest BCUT2D eigenvalue weighted by Gasteiger charge is 2.37.